The van der Waals surface area contributed by atoms with Crippen LogP contribution in [0.5, 0.6) is 5.75 Å². The Morgan fingerprint density at radius 1 is 0.912 bits per heavy atom. The average molecular weight is 459 g/mol. The SMILES string of the molecule is CCOC(=O)[C@H](Cc1ccc(OCC=C(C)c2ccc(-c3ccccc3C)cc2)cc1)OCC. The number of rotatable bonds is 11. The van der Waals surface area contributed by atoms with Gasteiger partial charge in [0.15, 0.2) is 6.10 Å². The first-order valence-corrected chi connectivity index (χ1v) is 11.8. The molecule has 0 radical (unpaired) electrons. The van der Waals surface area contributed by atoms with E-state index in [1.165, 1.54) is 27.8 Å². The Hall–Kier alpha value is -3.37. The summed E-state index contributed by atoms with van der Waals surface area (Å²) in [5, 5.41) is 0. The van der Waals surface area contributed by atoms with Crippen molar-refractivity contribution >= 4 is 11.5 Å². The molecule has 4 heteroatoms. The second-order valence-electron chi connectivity index (χ2n) is 8.13. The normalized spacial score (nSPS) is 12.3. The highest BCUT2D eigenvalue weighted by atomic mass is 16.6. The van der Waals surface area contributed by atoms with E-state index in [4.69, 9.17) is 14.2 Å². The van der Waals surface area contributed by atoms with Crippen molar-refractivity contribution < 1.29 is 19.0 Å². The quantitative estimate of drug-likeness (QED) is 0.302. The van der Waals surface area contributed by atoms with Crippen molar-refractivity contribution in [2.24, 2.45) is 0 Å². The summed E-state index contributed by atoms with van der Waals surface area (Å²) in [4.78, 5) is 12.1. The van der Waals surface area contributed by atoms with E-state index in [1.807, 2.05) is 31.2 Å². The molecule has 0 aromatic heterocycles. The summed E-state index contributed by atoms with van der Waals surface area (Å²) in [6.07, 6.45) is 1.98. The van der Waals surface area contributed by atoms with Crippen LogP contribution in [0.1, 0.15) is 37.5 Å². The fourth-order valence-electron chi connectivity index (χ4n) is 3.77. The predicted molar refractivity (Wildman–Crippen MR) is 138 cm³/mol. The Bertz CT molecular complexity index is 1080. The van der Waals surface area contributed by atoms with Crippen LogP contribution >= 0.6 is 0 Å². The van der Waals surface area contributed by atoms with E-state index >= 15 is 0 Å². The largest absolute Gasteiger partial charge is 0.490 e. The number of benzene rings is 3. The Kier molecular flexibility index (Phi) is 9.48. The topological polar surface area (TPSA) is 44.8 Å². The summed E-state index contributed by atoms with van der Waals surface area (Å²) in [5.41, 5.74) is 7.10. The lowest BCUT2D eigenvalue weighted by molar-refractivity contribution is -0.156. The molecule has 3 aromatic carbocycles. The number of carbonyl (C=O) groups is 1. The molecule has 0 amide bonds. The van der Waals surface area contributed by atoms with Gasteiger partial charge in [0, 0.05) is 13.0 Å². The minimum atomic E-state index is -0.584. The zero-order valence-electron chi connectivity index (χ0n) is 20.5. The van der Waals surface area contributed by atoms with Crippen LogP contribution < -0.4 is 4.74 Å². The minimum absolute atomic E-state index is 0.322. The molecule has 0 spiro atoms. The molecule has 0 N–H and O–H groups in total. The lowest BCUT2D eigenvalue weighted by atomic mass is 9.98. The van der Waals surface area contributed by atoms with Crippen LogP contribution in [0, 0.1) is 6.92 Å². The van der Waals surface area contributed by atoms with Crippen LogP contribution in [0.3, 0.4) is 0 Å². The highest BCUT2D eigenvalue weighted by molar-refractivity contribution is 5.75. The van der Waals surface area contributed by atoms with Gasteiger partial charge in [-0.3, -0.25) is 0 Å². The first-order valence-electron chi connectivity index (χ1n) is 11.8. The standard InChI is InChI=1S/C30H34O4/c1-5-32-29(30(31)33-6-2)21-24-11-17-27(18-12-24)34-20-19-22(3)25-13-15-26(16-14-25)28-10-8-7-9-23(28)4/h7-19,29H,5-6,20-21H2,1-4H3/t29-/m0/s1. The summed E-state index contributed by atoms with van der Waals surface area (Å²) >= 11 is 0. The number of carbonyl (C=O) groups excluding carboxylic acids is 1. The highest BCUT2D eigenvalue weighted by Gasteiger charge is 2.20. The molecule has 0 aliphatic heterocycles. The maximum Gasteiger partial charge on any atom is 0.335 e. The molecule has 3 aromatic rings. The average Bonchev–Trinajstić information content (AvgIpc) is 2.85. The van der Waals surface area contributed by atoms with Crippen LogP contribution in [0.2, 0.25) is 0 Å². The predicted octanol–water partition coefficient (Wildman–Crippen LogP) is 6.66. The third kappa shape index (κ3) is 7.06. The van der Waals surface area contributed by atoms with Crippen LogP contribution in [0.15, 0.2) is 78.9 Å². The third-order valence-electron chi connectivity index (χ3n) is 5.70. The lowest BCUT2D eigenvalue weighted by Gasteiger charge is -2.15. The summed E-state index contributed by atoms with van der Waals surface area (Å²) in [7, 11) is 0. The molecule has 0 aliphatic carbocycles. The van der Waals surface area contributed by atoms with Gasteiger partial charge >= 0.3 is 5.97 Å². The van der Waals surface area contributed by atoms with Gasteiger partial charge in [0.25, 0.3) is 0 Å². The van der Waals surface area contributed by atoms with Crippen LogP contribution in [0.4, 0.5) is 0 Å². The molecule has 0 saturated carbocycles. The molecular weight excluding hydrogens is 424 g/mol. The summed E-state index contributed by atoms with van der Waals surface area (Å²) in [6, 6.07) is 24.8. The molecule has 0 fully saturated rings. The molecule has 0 saturated heterocycles. The van der Waals surface area contributed by atoms with Crippen LogP contribution in [0.25, 0.3) is 16.7 Å². The number of hydrogen-bond donors (Lipinski definition) is 0. The Balaban J connectivity index is 1.55. The summed E-state index contributed by atoms with van der Waals surface area (Å²) < 4.78 is 16.6. The minimum Gasteiger partial charge on any atom is -0.490 e. The van der Waals surface area contributed by atoms with Gasteiger partial charge in [0.05, 0.1) is 6.61 Å². The van der Waals surface area contributed by atoms with Gasteiger partial charge in [-0.05, 0) is 79.3 Å². The van der Waals surface area contributed by atoms with E-state index in [0.717, 1.165) is 11.3 Å². The summed E-state index contributed by atoms with van der Waals surface area (Å²) in [5.74, 6) is 0.462. The summed E-state index contributed by atoms with van der Waals surface area (Å²) in [6.45, 7) is 9.19. The molecule has 0 bridgehead atoms. The van der Waals surface area contributed by atoms with Gasteiger partial charge in [-0.2, -0.15) is 0 Å². The van der Waals surface area contributed by atoms with Crippen molar-refractivity contribution in [1.82, 2.24) is 0 Å². The fraction of sp³-hybridized carbons (Fsp3) is 0.300. The molecule has 1 atom stereocenters. The Morgan fingerprint density at radius 2 is 1.62 bits per heavy atom. The van der Waals surface area contributed by atoms with E-state index in [0.29, 0.717) is 26.2 Å². The monoisotopic (exact) mass is 458 g/mol. The second-order valence-corrected chi connectivity index (χ2v) is 8.13. The molecule has 3 rings (SSSR count). The van der Waals surface area contributed by atoms with Gasteiger partial charge in [-0.15, -0.1) is 0 Å². The molecular formula is C30H34O4. The molecule has 4 nitrogen and oxygen atoms in total. The molecule has 34 heavy (non-hydrogen) atoms. The maximum absolute atomic E-state index is 12.1. The van der Waals surface area contributed by atoms with E-state index in [2.05, 4.69) is 68.5 Å². The molecule has 0 unspecified atom stereocenters. The fourth-order valence-corrected chi connectivity index (χ4v) is 3.77. The van der Waals surface area contributed by atoms with E-state index in [-0.39, 0.29) is 5.97 Å². The molecule has 178 valence electrons. The first-order chi connectivity index (χ1) is 16.5. The van der Waals surface area contributed by atoms with Crippen molar-refractivity contribution in [3.8, 4) is 16.9 Å². The third-order valence-corrected chi connectivity index (χ3v) is 5.70. The van der Waals surface area contributed by atoms with Gasteiger partial charge < -0.3 is 14.2 Å². The van der Waals surface area contributed by atoms with Crippen LogP contribution in [-0.4, -0.2) is 31.9 Å². The van der Waals surface area contributed by atoms with Gasteiger partial charge in [-0.25, -0.2) is 4.79 Å². The van der Waals surface area contributed by atoms with E-state index in [9.17, 15) is 4.79 Å². The van der Waals surface area contributed by atoms with Crippen molar-refractivity contribution in [2.75, 3.05) is 19.8 Å². The smallest absolute Gasteiger partial charge is 0.335 e. The van der Waals surface area contributed by atoms with Crippen molar-refractivity contribution in [3.05, 3.63) is 95.6 Å². The van der Waals surface area contributed by atoms with Crippen molar-refractivity contribution in [1.29, 1.82) is 0 Å². The number of ether oxygens (including phenoxy) is 3. The number of aryl methyl sites for hydroxylation is 1. The number of allylic oxidation sites excluding steroid dienone is 1. The van der Waals surface area contributed by atoms with Crippen molar-refractivity contribution in [3.63, 3.8) is 0 Å². The zero-order valence-corrected chi connectivity index (χ0v) is 20.5. The Labute approximate surface area is 203 Å². The maximum atomic E-state index is 12.1. The molecule has 0 heterocycles. The number of esters is 1. The van der Waals surface area contributed by atoms with E-state index < -0.39 is 6.10 Å². The lowest BCUT2D eigenvalue weighted by Crippen LogP contribution is -2.28. The molecule has 0 aliphatic rings. The van der Waals surface area contributed by atoms with Crippen LogP contribution in [-0.2, 0) is 20.7 Å². The van der Waals surface area contributed by atoms with Crippen molar-refractivity contribution in [2.45, 2.75) is 40.2 Å². The highest BCUT2D eigenvalue weighted by Crippen LogP contribution is 2.25. The van der Waals surface area contributed by atoms with E-state index in [1.54, 1.807) is 6.92 Å². The zero-order chi connectivity index (χ0) is 24.3. The van der Waals surface area contributed by atoms with Gasteiger partial charge in [-0.1, -0.05) is 60.7 Å². The second kappa shape index (κ2) is 12.8. The van der Waals surface area contributed by atoms with Gasteiger partial charge in [0.1, 0.15) is 12.4 Å². The number of hydrogen-bond acceptors (Lipinski definition) is 4. The van der Waals surface area contributed by atoms with Gasteiger partial charge in [0.2, 0.25) is 0 Å². The Morgan fingerprint density at radius 3 is 2.26 bits per heavy atom. The first kappa shape index (κ1) is 25.3.